The highest BCUT2D eigenvalue weighted by Crippen LogP contribution is 2.27. The molecule has 0 aliphatic carbocycles. The number of aromatic nitrogens is 3. The van der Waals surface area contributed by atoms with Crippen LogP contribution in [-0.2, 0) is 11.3 Å². The highest BCUT2D eigenvalue weighted by atomic mass is 32.2. The Morgan fingerprint density at radius 2 is 2.20 bits per heavy atom. The van der Waals surface area contributed by atoms with Crippen molar-refractivity contribution in [3.05, 3.63) is 47.1 Å². The van der Waals surface area contributed by atoms with Crippen molar-refractivity contribution in [3.8, 4) is 10.7 Å². The predicted octanol–water partition coefficient (Wildman–Crippen LogP) is 4.20. The van der Waals surface area contributed by atoms with Crippen LogP contribution in [0.15, 0.2) is 40.9 Å². The van der Waals surface area contributed by atoms with Gasteiger partial charge in [-0.05, 0) is 43.0 Å². The summed E-state index contributed by atoms with van der Waals surface area (Å²) < 4.78 is 15.8. The van der Waals surface area contributed by atoms with E-state index in [0.717, 1.165) is 16.3 Å². The van der Waals surface area contributed by atoms with Gasteiger partial charge in [0.2, 0.25) is 5.91 Å². The SMILES string of the molecule is CCn1c(SCC(=O)Nc2ccc(C)cc2F)nnc1-c1cccs1. The third-order valence-electron chi connectivity index (χ3n) is 3.51. The lowest BCUT2D eigenvalue weighted by Crippen LogP contribution is -2.15. The highest BCUT2D eigenvalue weighted by molar-refractivity contribution is 7.99. The molecule has 0 spiro atoms. The van der Waals surface area contributed by atoms with E-state index in [-0.39, 0.29) is 17.3 Å². The third-order valence-corrected chi connectivity index (χ3v) is 5.34. The van der Waals surface area contributed by atoms with E-state index in [4.69, 9.17) is 0 Å². The van der Waals surface area contributed by atoms with Crippen LogP contribution in [0.3, 0.4) is 0 Å². The minimum absolute atomic E-state index is 0.135. The second-order valence-corrected chi connectivity index (χ2v) is 7.24. The van der Waals surface area contributed by atoms with Gasteiger partial charge in [-0.25, -0.2) is 4.39 Å². The molecule has 0 saturated carbocycles. The molecule has 0 aliphatic rings. The molecule has 3 aromatic rings. The average molecular weight is 376 g/mol. The maximum absolute atomic E-state index is 13.8. The van der Waals surface area contributed by atoms with Gasteiger partial charge in [-0.2, -0.15) is 0 Å². The summed E-state index contributed by atoms with van der Waals surface area (Å²) in [6.07, 6.45) is 0. The van der Waals surface area contributed by atoms with Crippen molar-refractivity contribution in [1.82, 2.24) is 14.8 Å². The van der Waals surface area contributed by atoms with E-state index in [2.05, 4.69) is 15.5 Å². The zero-order chi connectivity index (χ0) is 17.8. The normalized spacial score (nSPS) is 10.8. The van der Waals surface area contributed by atoms with E-state index in [1.807, 2.05) is 29.0 Å². The summed E-state index contributed by atoms with van der Waals surface area (Å²) in [5, 5.41) is 13.7. The van der Waals surface area contributed by atoms with Crippen molar-refractivity contribution in [3.63, 3.8) is 0 Å². The Hall–Kier alpha value is -2.19. The van der Waals surface area contributed by atoms with Gasteiger partial charge in [0.25, 0.3) is 0 Å². The summed E-state index contributed by atoms with van der Waals surface area (Å²) in [4.78, 5) is 13.1. The number of nitrogens with zero attached hydrogens (tertiary/aromatic N) is 3. The maximum Gasteiger partial charge on any atom is 0.234 e. The van der Waals surface area contributed by atoms with Crippen molar-refractivity contribution in [2.75, 3.05) is 11.1 Å². The first kappa shape index (κ1) is 17.6. The molecular formula is C17H17FN4OS2. The first-order chi connectivity index (χ1) is 12.1. The van der Waals surface area contributed by atoms with E-state index in [0.29, 0.717) is 11.7 Å². The van der Waals surface area contributed by atoms with Gasteiger partial charge in [0.15, 0.2) is 11.0 Å². The molecule has 0 saturated heterocycles. The molecule has 1 N–H and O–H groups in total. The number of hydrogen-bond acceptors (Lipinski definition) is 5. The van der Waals surface area contributed by atoms with Crippen LogP contribution >= 0.6 is 23.1 Å². The topological polar surface area (TPSA) is 59.8 Å². The quantitative estimate of drug-likeness (QED) is 0.655. The Morgan fingerprint density at radius 3 is 2.88 bits per heavy atom. The van der Waals surface area contributed by atoms with Crippen LogP contribution in [0.25, 0.3) is 10.7 Å². The van der Waals surface area contributed by atoms with Gasteiger partial charge in [-0.15, -0.1) is 21.5 Å². The molecule has 0 atom stereocenters. The van der Waals surface area contributed by atoms with Gasteiger partial charge >= 0.3 is 0 Å². The number of nitrogens with one attached hydrogen (secondary N) is 1. The molecule has 2 aromatic heterocycles. The zero-order valence-corrected chi connectivity index (χ0v) is 15.5. The lowest BCUT2D eigenvalue weighted by atomic mass is 10.2. The fraction of sp³-hybridized carbons (Fsp3) is 0.235. The zero-order valence-electron chi connectivity index (χ0n) is 13.8. The fourth-order valence-electron chi connectivity index (χ4n) is 2.31. The van der Waals surface area contributed by atoms with Crippen LogP contribution < -0.4 is 5.32 Å². The van der Waals surface area contributed by atoms with Crippen LogP contribution in [0.2, 0.25) is 0 Å². The second-order valence-electron chi connectivity index (χ2n) is 5.35. The number of amides is 1. The number of rotatable bonds is 6. The number of benzene rings is 1. The Labute approximate surface area is 153 Å². The monoisotopic (exact) mass is 376 g/mol. The summed E-state index contributed by atoms with van der Waals surface area (Å²) in [7, 11) is 0. The number of halogens is 1. The molecule has 25 heavy (non-hydrogen) atoms. The fourth-order valence-corrected chi connectivity index (χ4v) is 3.83. The molecule has 0 aliphatic heterocycles. The van der Waals surface area contributed by atoms with Crippen molar-refractivity contribution >= 4 is 34.7 Å². The number of aryl methyl sites for hydroxylation is 1. The average Bonchev–Trinajstić information content (AvgIpc) is 3.24. The number of thiophene rings is 1. The molecule has 5 nitrogen and oxygen atoms in total. The number of thioether (sulfide) groups is 1. The van der Waals surface area contributed by atoms with E-state index in [9.17, 15) is 9.18 Å². The van der Waals surface area contributed by atoms with Crippen molar-refractivity contribution in [2.45, 2.75) is 25.5 Å². The molecule has 8 heteroatoms. The number of carbonyl (C=O) groups excluding carboxylic acids is 1. The van der Waals surface area contributed by atoms with Crippen LogP contribution in [0.5, 0.6) is 0 Å². The molecule has 3 rings (SSSR count). The van der Waals surface area contributed by atoms with E-state index in [1.54, 1.807) is 30.4 Å². The van der Waals surface area contributed by atoms with Crippen LogP contribution in [-0.4, -0.2) is 26.4 Å². The van der Waals surface area contributed by atoms with Crippen LogP contribution in [0.1, 0.15) is 12.5 Å². The van der Waals surface area contributed by atoms with Crippen molar-refractivity contribution < 1.29 is 9.18 Å². The lowest BCUT2D eigenvalue weighted by molar-refractivity contribution is -0.113. The van der Waals surface area contributed by atoms with Crippen molar-refractivity contribution in [2.24, 2.45) is 0 Å². The molecule has 1 aromatic carbocycles. The van der Waals surface area contributed by atoms with Gasteiger partial charge < -0.3 is 9.88 Å². The Balaban J connectivity index is 1.66. The predicted molar refractivity (Wildman–Crippen MR) is 99.5 cm³/mol. The summed E-state index contributed by atoms with van der Waals surface area (Å²) in [5.74, 6) is 0.215. The molecule has 1 amide bonds. The minimum atomic E-state index is -0.435. The van der Waals surface area contributed by atoms with Crippen LogP contribution in [0.4, 0.5) is 10.1 Å². The third kappa shape index (κ3) is 4.08. The molecule has 0 radical (unpaired) electrons. The van der Waals surface area contributed by atoms with E-state index < -0.39 is 5.82 Å². The highest BCUT2D eigenvalue weighted by Gasteiger charge is 2.15. The first-order valence-corrected chi connectivity index (χ1v) is 9.61. The molecule has 0 bridgehead atoms. The largest absolute Gasteiger partial charge is 0.323 e. The minimum Gasteiger partial charge on any atom is -0.323 e. The molecule has 2 heterocycles. The summed E-state index contributed by atoms with van der Waals surface area (Å²) >= 11 is 2.88. The van der Waals surface area contributed by atoms with Gasteiger partial charge in [0.05, 0.1) is 16.3 Å². The van der Waals surface area contributed by atoms with Crippen LogP contribution in [0, 0.1) is 12.7 Å². The van der Waals surface area contributed by atoms with Gasteiger partial charge in [0, 0.05) is 6.54 Å². The summed E-state index contributed by atoms with van der Waals surface area (Å²) in [6, 6.07) is 8.67. The number of carbonyl (C=O) groups is 1. The number of anilines is 1. The summed E-state index contributed by atoms with van der Waals surface area (Å²) in [6.45, 7) is 4.51. The Kier molecular flexibility index (Phi) is 5.50. The Morgan fingerprint density at radius 1 is 1.36 bits per heavy atom. The molecule has 0 fully saturated rings. The number of hydrogen-bond donors (Lipinski definition) is 1. The summed E-state index contributed by atoms with van der Waals surface area (Å²) in [5.41, 5.74) is 0.995. The smallest absolute Gasteiger partial charge is 0.234 e. The second kappa shape index (κ2) is 7.79. The Bertz CT molecular complexity index is 877. The van der Waals surface area contributed by atoms with Gasteiger partial charge in [-0.3, -0.25) is 4.79 Å². The van der Waals surface area contributed by atoms with Crippen molar-refractivity contribution in [1.29, 1.82) is 0 Å². The first-order valence-electron chi connectivity index (χ1n) is 7.74. The maximum atomic E-state index is 13.8. The van der Waals surface area contributed by atoms with Gasteiger partial charge in [0.1, 0.15) is 5.82 Å². The van der Waals surface area contributed by atoms with Gasteiger partial charge in [-0.1, -0.05) is 23.9 Å². The lowest BCUT2D eigenvalue weighted by Gasteiger charge is -2.08. The standard InChI is InChI=1S/C17H17FN4OS2/c1-3-22-16(14-5-4-8-24-14)20-21-17(22)25-10-15(23)19-13-7-6-11(2)9-12(13)18/h4-9H,3,10H2,1-2H3,(H,19,23). The van der Waals surface area contributed by atoms with E-state index in [1.165, 1.54) is 17.8 Å². The molecular weight excluding hydrogens is 359 g/mol. The molecule has 130 valence electrons. The van der Waals surface area contributed by atoms with E-state index >= 15 is 0 Å². The molecule has 0 unspecified atom stereocenters.